The fourth-order valence-electron chi connectivity index (χ4n) is 7.21. The number of furan rings is 1. The number of fused-ring (bicyclic) bond motifs is 1. The predicted octanol–water partition coefficient (Wildman–Crippen LogP) is 6.62. The minimum atomic E-state index is -1.18. The van der Waals surface area contributed by atoms with Crippen LogP contribution in [0.2, 0.25) is 0 Å². The van der Waals surface area contributed by atoms with Crippen molar-refractivity contribution < 1.29 is 28.7 Å². The Bertz CT molecular complexity index is 1790. The molecule has 1 aliphatic rings. The summed E-state index contributed by atoms with van der Waals surface area (Å²) in [6.07, 6.45) is 6.92. The van der Waals surface area contributed by atoms with Crippen molar-refractivity contribution in [2.75, 3.05) is 0 Å². The van der Waals surface area contributed by atoms with Gasteiger partial charge in [0.15, 0.2) is 11.5 Å². The average molecular weight is 709 g/mol. The molecule has 5 rings (SSSR count). The summed E-state index contributed by atoms with van der Waals surface area (Å²) in [6, 6.07) is 20.8. The van der Waals surface area contributed by atoms with Crippen molar-refractivity contribution in [3.8, 4) is 0 Å². The minimum Gasteiger partial charge on any atom is -0.455 e. The molecule has 2 aromatic carbocycles. The highest BCUT2D eigenvalue weighted by Gasteiger charge is 2.34. The molecule has 0 bridgehead atoms. The molecule has 10 nitrogen and oxygen atoms in total. The lowest BCUT2D eigenvalue weighted by atomic mass is 9.83. The first-order valence-electron chi connectivity index (χ1n) is 18.6. The van der Waals surface area contributed by atoms with E-state index in [0.717, 1.165) is 42.0 Å². The third kappa shape index (κ3) is 10.8. The molecule has 1 saturated carbocycles. The number of aliphatic hydroxyl groups is 1. The second-order valence-electron chi connectivity index (χ2n) is 14.6. The summed E-state index contributed by atoms with van der Waals surface area (Å²) in [6.45, 7) is 5.58. The number of aliphatic hydroxyl groups excluding tert-OH is 1. The number of rotatable bonds is 17. The topological polar surface area (TPSA) is 151 Å². The van der Waals surface area contributed by atoms with Gasteiger partial charge in [-0.3, -0.25) is 24.2 Å². The molecule has 1 fully saturated rings. The first-order valence-corrected chi connectivity index (χ1v) is 18.6. The monoisotopic (exact) mass is 708 g/mol. The number of nitrogens with zero attached hydrogens (tertiary/aromatic N) is 1. The number of amides is 3. The first kappa shape index (κ1) is 38.4. The maximum atomic E-state index is 14.2. The van der Waals surface area contributed by atoms with Gasteiger partial charge in [-0.1, -0.05) is 94.5 Å². The van der Waals surface area contributed by atoms with Gasteiger partial charge in [-0.05, 0) is 71.7 Å². The van der Waals surface area contributed by atoms with Crippen molar-refractivity contribution in [1.29, 1.82) is 0 Å². The number of nitrogens with one attached hydrogen (secondary N) is 3. The van der Waals surface area contributed by atoms with Crippen LogP contribution in [-0.2, 0) is 27.3 Å². The van der Waals surface area contributed by atoms with Crippen LogP contribution in [0.5, 0.6) is 0 Å². The number of pyridine rings is 1. The highest BCUT2D eigenvalue weighted by Crippen LogP contribution is 2.32. The van der Waals surface area contributed by atoms with E-state index in [0.29, 0.717) is 30.9 Å². The quantitative estimate of drug-likeness (QED) is 0.0901. The van der Waals surface area contributed by atoms with Crippen LogP contribution in [0.25, 0.3) is 10.8 Å². The number of benzene rings is 2. The summed E-state index contributed by atoms with van der Waals surface area (Å²) in [7, 11) is 0. The Kier molecular flexibility index (Phi) is 13.7. The Morgan fingerprint density at radius 3 is 2.35 bits per heavy atom. The van der Waals surface area contributed by atoms with Gasteiger partial charge in [0.2, 0.25) is 17.7 Å². The lowest BCUT2D eigenvalue weighted by Gasteiger charge is -2.31. The van der Waals surface area contributed by atoms with Crippen LogP contribution < -0.4 is 16.0 Å². The Morgan fingerprint density at radius 1 is 0.885 bits per heavy atom. The van der Waals surface area contributed by atoms with Crippen molar-refractivity contribution in [1.82, 2.24) is 20.9 Å². The Morgan fingerprint density at radius 2 is 1.63 bits per heavy atom. The summed E-state index contributed by atoms with van der Waals surface area (Å²) in [5.41, 5.74) is 1.64. The van der Waals surface area contributed by atoms with E-state index in [1.807, 2.05) is 68.4 Å². The van der Waals surface area contributed by atoms with Gasteiger partial charge < -0.3 is 25.5 Å². The number of ketones is 1. The van der Waals surface area contributed by atoms with Gasteiger partial charge in [0.05, 0.1) is 24.2 Å². The second-order valence-corrected chi connectivity index (χ2v) is 14.6. The van der Waals surface area contributed by atoms with E-state index >= 15 is 0 Å². The largest absolute Gasteiger partial charge is 0.455 e. The number of Topliss-reactive ketones (excluding diaryl/α,β-unsaturated/α-hetero) is 1. The summed E-state index contributed by atoms with van der Waals surface area (Å²) >= 11 is 0. The fraction of sp³-hybridized carbons (Fsp3) is 0.452. The van der Waals surface area contributed by atoms with E-state index in [-0.39, 0.29) is 42.1 Å². The zero-order valence-electron chi connectivity index (χ0n) is 30.5. The van der Waals surface area contributed by atoms with E-state index in [2.05, 4.69) is 20.9 Å². The van der Waals surface area contributed by atoms with Gasteiger partial charge in [0.25, 0.3) is 0 Å². The summed E-state index contributed by atoms with van der Waals surface area (Å²) < 4.78 is 5.69. The summed E-state index contributed by atoms with van der Waals surface area (Å²) in [5.74, 6) is -1.42. The molecule has 52 heavy (non-hydrogen) atoms. The first-order chi connectivity index (χ1) is 25.1. The molecule has 2 aromatic heterocycles. The molecule has 0 saturated heterocycles. The maximum absolute atomic E-state index is 14.2. The van der Waals surface area contributed by atoms with Crippen molar-refractivity contribution >= 4 is 34.3 Å². The van der Waals surface area contributed by atoms with Crippen molar-refractivity contribution in [3.63, 3.8) is 0 Å². The zero-order chi connectivity index (χ0) is 37.0. The van der Waals surface area contributed by atoms with Crippen molar-refractivity contribution in [3.05, 3.63) is 102 Å². The highest BCUT2D eigenvalue weighted by atomic mass is 16.4. The van der Waals surface area contributed by atoms with Gasteiger partial charge >= 0.3 is 0 Å². The molecule has 4 aromatic rings. The third-order valence-corrected chi connectivity index (χ3v) is 9.97. The molecule has 4 atom stereocenters. The predicted molar refractivity (Wildman–Crippen MR) is 200 cm³/mol. The number of hydrogen-bond acceptors (Lipinski definition) is 7. The van der Waals surface area contributed by atoms with Gasteiger partial charge in [0, 0.05) is 19.5 Å². The third-order valence-electron chi connectivity index (χ3n) is 9.97. The molecule has 276 valence electrons. The van der Waals surface area contributed by atoms with Gasteiger partial charge in [-0.15, -0.1) is 0 Å². The molecule has 0 aliphatic heterocycles. The summed E-state index contributed by atoms with van der Waals surface area (Å²) in [4.78, 5) is 57.9. The Hall–Kier alpha value is -4.83. The van der Waals surface area contributed by atoms with Crippen molar-refractivity contribution in [2.45, 2.75) is 103 Å². The minimum absolute atomic E-state index is 0.0548. The summed E-state index contributed by atoms with van der Waals surface area (Å²) in [5, 5.41) is 22.5. The van der Waals surface area contributed by atoms with E-state index in [9.17, 15) is 24.3 Å². The van der Waals surface area contributed by atoms with Crippen LogP contribution in [0.1, 0.15) is 106 Å². The van der Waals surface area contributed by atoms with E-state index in [1.165, 1.54) is 19.4 Å². The van der Waals surface area contributed by atoms with E-state index in [1.54, 1.807) is 18.3 Å². The molecule has 10 heteroatoms. The van der Waals surface area contributed by atoms with Gasteiger partial charge in [-0.2, -0.15) is 0 Å². The van der Waals surface area contributed by atoms with Crippen LogP contribution >= 0.6 is 0 Å². The number of carbonyl (C=O) groups excluding carboxylic acids is 4. The molecule has 0 spiro atoms. The van der Waals surface area contributed by atoms with Crippen LogP contribution in [0.4, 0.5) is 0 Å². The van der Waals surface area contributed by atoms with Crippen LogP contribution in [-0.4, -0.2) is 45.7 Å². The standard InChI is InChI=1S/C42H52N4O6/c1-27(2)22-36(42(51)45-35(23-29-12-5-4-6-13-29)40(49)38-20-19-37(52-38)28(3)47)46-41(50)32(25-39(48)44-26-33-17-9-10-21-43-33)24-31-16-11-15-30-14-7-8-18-34(30)31/h7-11,14-21,27,29,32,35-36,40,49H,4-6,12-13,22-26H2,1-3H3,(H,44,48)(H,45,51)(H,46,50)/t32-,35+,36+,40-/m1/s1. The Labute approximate surface area is 306 Å². The molecule has 1 aliphatic carbocycles. The van der Waals surface area contributed by atoms with E-state index < -0.39 is 35.9 Å². The van der Waals surface area contributed by atoms with Gasteiger partial charge in [0.1, 0.15) is 17.9 Å². The fourth-order valence-corrected chi connectivity index (χ4v) is 7.21. The van der Waals surface area contributed by atoms with Crippen molar-refractivity contribution in [2.24, 2.45) is 17.8 Å². The molecule has 0 radical (unpaired) electrons. The molecule has 4 N–H and O–H groups in total. The van der Waals surface area contributed by atoms with Crippen LogP contribution in [0.15, 0.2) is 83.4 Å². The van der Waals surface area contributed by atoms with Crippen LogP contribution in [0, 0.1) is 17.8 Å². The number of carbonyl (C=O) groups is 4. The smallest absolute Gasteiger partial charge is 0.242 e. The number of hydrogen-bond donors (Lipinski definition) is 4. The SMILES string of the molecule is CC(=O)c1ccc([C@H](O)[C@H](CC2CCCCC2)NC(=O)[C@H](CC(C)C)NC(=O)[C@@H](CC(=O)NCc2ccccn2)Cc2cccc3ccccc23)o1. The molecular formula is C42H52N4O6. The lowest BCUT2D eigenvalue weighted by molar-refractivity contribution is -0.134. The van der Waals surface area contributed by atoms with Crippen LogP contribution in [0.3, 0.4) is 0 Å². The molecule has 2 heterocycles. The number of aromatic nitrogens is 1. The highest BCUT2D eigenvalue weighted by molar-refractivity contribution is 5.92. The van der Waals surface area contributed by atoms with E-state index in [4.69, 9.17) is 4.42 Å². The zero-order valence-corrected chi connectivity index (χ0v) is 30.5. The molecule has 0 unspecified atom stereocenters. The maximum Gasteiger partial charge on any atom is 0.242 e. The average Bonchev–Trinajstić information content (AvgIpc) is 3.65. The Balaban J connectivity index is 1.36. The molecule has 3 amide bonds. The van der Waals surface area contributed by atoms with Gasteiger partial charge in [-0.25, -0.2) is 0 Å². The second kappa shape index (κ2) is 18.6. The normalized spacial score (nSPS) is 15.8. The molecular weight excluding hydrogens is 656 g/mol. The lowest BCUT2D eigenvalue weighted by Crippen LogP contribution is -2.53.